The average Bonchev–Trinajstić information content (AvgIpc) is 3.19. The van der Waals surface area contributed by atoms with Gasteiger partial charge in [-0.15, -0.1) is 0 Å². The number of H-pyrrole nitrogens is 1. The van der Waals surface area contributed by atoms with Crippen LogP contribution in [-0.2, 0) is 10.0 Å². The second-order valence-corrected chi connectivity index (χ2v) is 9.77. The highest BCUT2D eigenvalue weighted by molar-refractivity contribution is 7.89. The van der Waals surface area contributed by atoms with Crippen LogP contribution in [0, 0.1) is 13.8 Å². The summed E-state index contributed by atoms with van der Waals surface area (Å²) in [4.78, 5) is 0.244. The quantitative estimate of drug-likeness (QED) is 0.625. The van der Waals surface area contributed by atoms with Crippen molar-refractivity contribution in [2.24, 2.45) is 0 Å². The maximum Gasteiger partial charge on any atom is 0.243 e. The molecule has 1 aromatic heterocycles. The van der Waals surface area contributed by atoms with Crippen molar-refractivity contribution in [3.63, 3.8) is 0 Å². The fourth-order valence-electron chi connectivity index (χ4n) is 3.96. The summed E-state index contributed by atoms with van der Waals surface area (Å²) >= 11 is 0. The molecule has 0 radical (unpaired) electrons. The minimum Gasteiger partial charge on any atom is -0.389 e. The van der Waals surface area contributed by atoms with Gasteiger partial charge in [-0.25, -0.2) is 8.42 Å². The molecule has 0 amide bonds. The Bertz CT molecular complexity index is 1180. The molecule has 1 aliphatic heterocycles. The molecule has 4 rings (SSSR count). The van der Waals surface area contributed by atoms with Crippen LogP contribution in [-0.4, -0.2) is 46.7 Å². The summed E-state index contributed by atoms with van der Waals surface area (Å²) in [5.74, 6) is 0.451. The zero-order valence-corrected chi connectivity index (χ0v) is 17.0. The number of sulfonamides is 1. The minimum atomic E-state index is -3.64. The van der Waals surface area contributed by atoms with Gasteiger partial charge in [0.1, 0.15) is 0 Å². The van der Waals surface area contributed by atoms with Crippen molar-refractivity contribution in [2.75, 3.05) is 18.8 Å². The molecule has 2 heterocycles. The van der Waals surface area contributed by atoms with Crippen LogP contribution in [0.1, 0.15) is 24.5 Å². The molecular weight excluding hydrogens is 376 g/mol. The number of aliphatic hydroxyl groups is 1. The minimum absolute atomic E-state index is 0.117. The highest BCUT2D eigenvalue weighted by atomic mass is 32.2. The van der Waals surface area contributed by atoms with Crippen LogP contribution >= 0.6 is 0 Å². The summed E-state index contributed by atoms with van der Waals surface area (Å²) in [6, 6.07) is 9.08. The second-order valence-electron chi connectivity index (χ2n) is 7.83. The molecule has 8 heteroatoms. The Morgan fingerprint density at radius 2 is 1.93 bits per heavy atom. The van der Waals surface area contributed by atoms with Crippen LogP contribution in [0.15, 0.2) is 35.2 Å². The number of fused-ring (bicyclic) bond motifs is 1. The Hall–Kier alpha value is -2.42. The third-order valence-corrected chi connectivity index (χ3v) is 7.40. The number of hydrogen-bond acceptors (Lipinski definition) is 5. The molecule has 0 bridgehead atoms. The van der Waals surface area contributed by atoms with E-state index < -0.39 is 15.6 Å². The van der Waals surface area contributed by atoms with Crippen molar-refractivity contribution in [1.82, 2.24) is 14.5 Å². The fourth-order valence-corrected chi connectivity index (χ4v) is 5.60. The number of nitrogen functional groups attached to an aromatic ring is 1. The number of aromatic amines is 1. The van der Waals surface area contributed by atoms with Crippen LogP contribution in [0.5, 0.6) is 0 Å². The van der Waals surface area contributed by atoms with Crippen LogP contribution in [0.25, 0.3) is 22.0 Å². The Balaban J connectivity index is 1.75. The number of nitrogens with zero attached hydrogens (tertiary/aromatic N) is 2. The van der Waals surface area contributed by atoms with E-state index in [9.17, 15) is 13.5 Å². The monoisotopic (exact) mass is 400 g/mol. The van der Waals surface area contributed by atoms with Gasteiger partial charge in [0.2, 0.25) is 10.0 Å². The first-order valence-corrected chi connectivity index (χ1v) is 10.6. The van der Waals surface area contributed by atoms with Crippen LogP contribution < -0.4 is 5.73 Å². The van der Waals surface area contributed by atoms with Gasteiger partial charge in [-0.2, -0.15) is 9.40 Å². The highest BCUT2D eigenvalue weighted by Gasteiger charge is 2.38. The van der Waals surface area contributed by atoms with Crippen molar-refractivity contribution >= 4 is 26.7 Å². The van der Waals surface area contributed by atoms with Gasteiger partial charge < -0.3 is 10.8 Å². The molecule has 0 saturated carbocycles. The van der Waals surface area contributed by atoms with Gasteiger partial charge in [0.25, 0.3) is 0 Å². The van der Waals surface area contributed by atoms with Gasteiger partial charge in [-0.05, 0) is 67.6 Å². The van der Waals surface area contributed by atoms with E-state index >= 15 is 0 Å². The third kappa shape index (κ3) is 2.97. The summed E-state index contributed by atoms with van der Waals surface area (Å²) in [5, 5.41) is 18.0. The Labute approximate surface area is 164 Å². The molecule has 1 atom stereocenters. The second kappa shape index (κ2) is 6.30. The normalized spacial score (nSPS) is 20.9. The molecule has 0 spiro atoms. The molecule has 7 nitrogen and oxygen atoms in total. The predicted molar refractivity (Wildman–Crippen MR) is 109 cm³/mol. The molecule has 1 saturated heterocycles. The van der Waals surface area contributed by atoms with E-state index in [1.807, 2.05) is 32.0 Å². The van der Waals surface area contributed by atoms with E-state index in [1.54, 1.807) is 19.1 Å². The number of β-amino-alcohol motifs (C(OH)–C–C–N with tert-alkyl or cyclic N) is 1. The van der Waals surface area contributed by atoms with Crippen molar-refractivity contribution in [2.45, 2.75) is 37.7 Å². The maximum atomic E-state index is 13.0. The molecule has 1 fully saturated rings. The molecule has 28 heavy (non-hydrogen) atoms. The first kappa shape index (κ1) is 18.9. The van der Waals surface area contributed by atoms with Gasteiger partial charge >= 0.3 is 0 Å². The predicted octanol–water partition coefficient (Wildman–Crippen LogP) is 2.57. The Kier molecular flexibility index (Phi) is 4.26. The lowest BCUT2D eigenvalue weighted by molar-refractivity contribution is 0.0762. The van der Waals surface area contributed by atoms with Crippen molar-refractivity contribution in [1.29, 1.82) is 0 Å². The van der Waals surface area contributed by atoms with Gasteiger partial charge in [0.05, 0.1) is 16.0 Å². The summed E-state index contributed by atoms with van der Waals surface area (Å²) in [6.07, 6.45) is 0.439. The maximum absolute atomic E-state index is 13.0. The number of benzene rings is 2. The van der Waals surface area contributed by atoms with Crippen LogP contribution in [0.3, 0.4) is 0 Å². The van der Waals surface area contributed by atoms with E-state index in [1.165, 1.54) is 4.31 Å². The van der Waals surface area contributed by atoms with Gasteiger partial charge in [-0.3, -0.25) is 5.10 Å². The number of nitrogens with one attached hydrogen (secondary N) is 1. The molecule has 1 aliphatic rings. The first-order valence-electron chi connectivity index (χ1n) is 9.17. The van der Waals surface area contributed by atoms with Crippen LogP contribution in [0.2, 0.25) is 0 Å². The summed E-state index contributed by atoms with van der Waals surface area (Å²) in [5.41, 5.74) is 9.69. The summed E-state index contributed by atoms with van der Waals surface area (Å²) in [7, 11) is -3.64. The summed E-state index contributed by atoms with van der Waals surface area (Å²) < 4.78 is 27.3. The topological polar surface area (TPSA) is 112 Å². The molecule has 4 N–H and O–H groups in total. The lowest BCUT2D eigenvalue weighted by Crippen LogP contribution is -2.33. The van der Waals surface area contributed by atoms with Gasteiger partial charge in [0, 0.05) is 18.5 Å². The van der Waals surface area contributed by atoms with Gasteiger partial charge in [-0.1, -0.05) is 12.1 Å². The molecular formula is C20H24N4O3S. The SMILES string of the molecule is Cc1cc(S(=O)(=O)N2CCC(C)(O)C2)ccc1-c1ccc2[nH]nc(N)c2c1C. The van der Waals surface area contributed by atoms with Gasteiger partial charge in [0.15, 0.2) is 5.82 Å². The molecule has 3 aromatic rings. The fraction of sp³-hybridized carbons (Fsp3) is 0.350. The number of aromatic nitrogens is 2. The first-order chi connectivity index (χ1) is 13.1. The third-order valence-electron chi connectivity index (χ3n) is 5.56. The average molecular weight is 401 g/mol. The van der Waals surface area contributed by atoms with E-state index in [2.05, 4.69) is 10.2 Å². The lowest BCUT2D eigenvalue weighted by atomic mass is 9.94. The van der Waals surface area contributed by atoms with Crippen molar-refractivity contribution in [3.05, 3.63) is 41.5 Å². The highest BCUT2D eigenvalue weighted by Crippen LogP contribution is 2.35. The smallest absolute Gasteiger partial charge is 0.243 e. The van der Waals surface area contributed by atoms with Crippen molar-refractivity contribution < 1.29 is 13.5 Å². The number of anilines is 1. The lowest BCUT2D eigenvalue weighted by Gasteiger charge is -2.20. The largest absolute Gasteiger partial charge is 0.389 e. The zero-order chi connectivity index (χ0) is 20.3. The number of hydrogen-bond donors (Lipinski definition) is 3. The molecule has 2 aromatic carbocycles. The Morgan fingerprint density at radius 3 is 2.57 bits per heavy atom. The van der Waals surface area contributed by atoms with E-state index in [4.69, 9.17) is 5.73 Å². The van der Waals surface area contributed by atoms with E-state index in [-0.39, 0.29) is 11.4 Å². The Morgan fingerprint density at radius 1 is 1.21 bits per heavy atom. The molecule has 148 valence electrons. The summed E-state index contributed by atoms with van der Waals surface area (Å²) in [6.45, 7) is 5.99. The number of aryl methyl sites for hydroxylation is 2. The van der Waals surface area contributed by atoms with Crippen molar-refractivity contribution in [3.8, 4) is 11.1 Å². The van der Waals surface area contributed by atoms with E-state index in [0.29, 0.717) is 18.8 Å². The molecule has 1 unspecified atom stereocenters. The molecule has 0 aliphatic carbocycles. The number of nitrogens with two attached hydrogens (primary N) is 1. The van der Waals surface area contributed by atoms with Crippen LogP contribution in [0.4, 0.5) is 5.82 Å². The number of rotatable bonds is 3. The standard InChI is InChI=1S/C20H24N4O3S/c1-12-10-14(28(26,27)24-9-8-20(3,25)11-24)4-5-15(12)16-6-7-17-18(13(16)2)19(21)23-22-17/h4-7,10,25H,8-9,11H2,1-3H3,(H3,21,22,23). The zero-order valence-electron chi connectivity index (χ0n) is 16.2. The van der Waals surface area contributed by atoms with E-state index in [0.717, 1.165) is 33.2 Å².